The van der Waals surface area contributed by atoms with Crippen LogP contribution in [-0.2, 0) is 9.53 Å². The maximum atomic E-state index is 13.1. The normalized spacial score (nSPS) is 21.6. The molecule has 2 heterocycles. The summed E-state index contributed by atoms with van der Waals surface area (Å²) in [5, 5.41) is 16.2. The Kier molecular flexibility index (Phi) is 4.92. The van der Waals surface area contributed by atoms with E-state index in [0.29, 0.717) is 18.7 Å². The third kappa shape index (κ3) is 3.32. The third-order valence-corrected chi connectivity index (χ3v) is 4.13. The smallest absolute Gasteiger partial charge is 0.226 e. The van der Waals surface area contributed by atoms with Crippen LogP contribution >= 0.6 is 0 Å². The van der Waals surface area contributed by atoms with Crippen LogP contribution in [-0.4, -0.2) is 40.0 Å². The molecule has 0 unspecified atom stereocenters. The first kappa shape index (κ1) is 16.6. The molecule has 2 N–H and O–H groups in total. The highest BCUT2D eigenvalue weighted by Gasteiger charge is 2.37. The molecule has 1 saturated heterocycles. The number of rotatable bonds is 5. The maximum absolute atomic E-state index is 13.1. The van der Waals surface area contributed by atoms with E-state index in [-0.39, 0.29) is 30.3 Å². The van der Waals surface area contributed by atoms with Crippen molar-refractivity contribution in [2.45, 2.75) is 25.5 Å². The Bertz CT molecular complexity index is 701. The van der Waals surface area contributed by atoms with Crippen LogP contribution in [0.2, 0.25) is 0 Å². The predicted octanol–water partition coefficient (Wildman–Crippen LogP) is 1.59. The molecule has 1 aliphatic rings. The van der Waals surface area contributed by atoms with E-state index in [0.717, 1.165) is 5.69 Å². The number of amides is 1. The van der Waals surface area contributed by atoms with Crippen LogP contribution < -0.4 is 5.32 Å². The number of nitrogens with one attached hydrogen (secondary N) is 1. The Morgan fingerprint density at radius 3 is 2.92 bits per heavy atom. The minimum atomic E-state index is -0.427. The monoisotopic (exact) mass is 333 g/mol. The molecular formula is C17H20FN3O3. The van der Waals surface area contributed by atoms with Gasteiger partial charge in [-0.2, -0.15) is 5.10 Å². The van der Waals surface area contributed by atoms with Gasteiger partial charge in [-0.25, -0.2) is 9.07 Å². The van der Waals surface area contributed by atoms with Crippen LogP contribution in [0.5, 0.6) is 0 Å². The molecule has 24 heavy (non-hydrogen) atoms. The van der Waals surface area contributed by atoms with Crippen molar-refractivity contribution in [3.63, 3.8) is 0 Å². The Morgan fingerprint density at radius 2 is 2.21 bits per heavy atom. The lowest BCUT2D eigenvalue weighted by Crippen LogP contribution is -2.40. The van der Waals surface area contributed by atoms with Gasteiger partial charge >= 0.3 is 0 Å². The zero-order chi connectivity index (χ0) is 17.1. The Balaban J connectivity index is 1.85. The minimum Gasteiger partial charge on any atom is -0.394 e. The zero-order valence-corrected chi connectivity index (χ0v) is 13.4. The number of aliphatic hydroxyl groups excluding tert-OH is 1. The summed E-state index contributed by atoms with van der Waals surface area (Å²) >= 11 is 0. The van der Waals surface area contributed by atoms with Gasteiger partial charge < -0.3 is 15.2 Å². The van der Waals surface area contributed by atoms with Crippen molar-refractivity contribution in [3.05, 3.63) is 48.0 Å². The molecule has 2 aromatic rings. The number of halogens is 1. The number of hydrogen-bond acceptors (Lipinski definition) is 4. The summed E-state index contributed by atoms with van der Waals surface area (Å²) in [5.41, 5.74) is 1.45. The van der Waals surface area contributed by atoms with Crippen molar-refractivity contribution in [2.24, 2.45) is 5.92 Å². The van der Waals surface area contributed by atoms with Gasteiger partial charge in [-0.1, -0.05) is 0 Å². The molecular weight excluding hydrogens is 313 g/mol. The van der Waals surface area contributed by atoms with E-state index in [9.17, 15) is 9.18 Å². The van der Waals surface area contributed by atoms with Gasteiger partial charge in [-0.15, -0.1) is 0 Å². The Hall–Kier alpha value is -2.25. The van der Waals surface area contributed by atoms with Gasteiger partial charge in [0.15, 0.2) is 0 Å². The molecule has 0 bridgehead atoms. The quantitative estimate of drug-likeness (QED) is 0.871. The summed E-state index contributed by atoms with van der Waals surface area (Å²) in [7, 11) is 0. The van der Waals surface area contributed by atoms with Gasteiger partial charge in [-0.3, -0.25) is 4.79 Å². The summed E-state index contributed by atoms with van der Waals surface area (Å²) in [6.45, 7) is 2.10. The van der Waals surface area contributed by atoms with Gasteiger partial charge in [0.25, 0.3) is 0 Å². The fourth-order valence-electron chi connectivity index (χ4n) is 2.87. The molecule has 128 valence electrons. The van der Waals surface area contributed by atoms with E-state index in [1.807, 2.05) is 0 Å². The van der Waals surface area contributed by atoms with Crippen LogP contribution in [0, 0.1) is 11.7 Å². The van der Waals surface area contributed by atoms with Gasteiger partial charge in [-0.05, 0) is 43.7 Å². The van der Waals surface area contributed by atoms with E-state index in [1.165, 1.54) is 12.1 Å². The lowest BCUT2D eigenvalue weighted by atomic mass is 9.97. The van der Waals surface area contributed by atoms with Crippen LogP contribution in [0.1, 0.15) is 25.1 Å². The number of nitrogens with zero attached hydrogens (tertiary/aromatic N) is 2. The Morgan fingerprint density at radius 1 is 1.46 bits per heavy atom. The van der Waals surface area contributed by atoms with Gasteiger partial charge in [0.1, 0.15) is 11.9 Å². The second-order valence-electron chi connectivity index (χ2n) is 5.92. The van der Waals surface area contributed by atoms with E-state index in [1.54, 1.807) is 36.0 Å². The van der Waals surface area contributed by atoms with Crippen molar-refractivity contribution < 1.29 is 19.0 Å². The summed E-state index contributed by atoms with van der Waals surface area (Å²) in [6.07, 6.45) is 1.80. The second kappa shape index (κ2) is 7.11. The summed E-state index contributed by atoms with van der Waals surface area (Å²) in [4.78, 5) is 12.4. The van der Waals surface area contributed by atoms with Crippen molar-refractivity contribution in [1.82, 2.24) is 15.1 Å². The van der Waals surface area contributed by atoms with Crippen LogP contribution in [0.25, 0.3) is 5.69 Å². The van der Waals surface area contributed by atoms with Crippen molar-refractivity contribution in [1.29, 1.82) is 0 Å². The number of aromatic nitrogens is 2. The third-order valence-electron chi connectivity index (χ3n) is 4.13. The SMILES string of the molecule is C[C@@H](CO)NC(=O)[C@H]1CCO[C@@H]1c1ccnn1-c1ccc(F)cc1. The molecule has 0 saturated carbocycles. The first-order chi connectivity index (χ1) is 11.6. The predicted molar refractivity (Wildman–Crippen MR) is 85.0 cm³/mol. The van der Waals surface area contributed by atoms with Crippen molar-refractivity contribution in [3.8, 4) is 5.69 Å². The maximum Gasteiger partial charge on any atom is 0.226 e. The highest BCUT2D eigenvalue weighted by molar-refractivity contribution is 5.80. The first-order valence-corrected chi connectivity index (χ1v) is 7.93. The van der Waals surface area contributed by atoms with E-state index in [4.69, 9.17) is 9.84 Å². The fourth-order valence-corrected chi connectivity index (χ4v) is 2.87. The zero-order valence-electron chi connectivity index (χ0n) is 13.4. The summed E-state index contributed by atoms with van der Waals surface area (Å²) < 4.78 is 20.6. The van der Waals surface area contributed by atoms with Crippen LogP contribution in [0.15, 0.2) is 36.5 Å². The highest BCUT2D eigenvalue weighted by Crippen LogP contribution is 2.35. The topological polar surface area (TPSA) is 76.4 Å². The second-order valence-corrected chi connectivity index (χ2v) is 5.92. The molecule has 6 nitrogen and oxygen atoms in total. The molecule has 1 fully saturated rings. The molecule has 0 aliphatic carbocycles. The molecule has 3 atom stereocenters. The largest absolute Gasteiger partial charge is 0.394 e. The van der Waals surface area contributed by atoms with Crippen LogP contribution in [0.4, 0.5) is 4.39 Å². The molecule has 1 amide bonds. The van der Waals surface area contributed by atoms with E-state index in [2.05, 4.69) is 10.4 Å². The van der Waals surface area contributed by atoms with Gasteiger partial charge in [0.2, 0.25) is 5.91 Å². The summed E-state index contributed by atoms with van der Waals surface area (Å²) in [5.74, 6) is -0.819. The lowest BCUT2D eigenvalue weighted by Gasteiger charge is -2.21. The molecule has 1 aromatic heterocycles. The fraction of sp³-hybridized carbons (Fsp3) is 0.412. The van der Waals surface area contributed by atoms with Crippen LogP contribution in [0.3, 0.4) is 0 Å². The standard InChI is InChI=1S/C17H20FN3O3/c1-11(10-22)20-17(23)14-7-9-24-16(14)15-6-8-19-21(15)13-4-2-12(18)3-5-13/h2-6,8,11,14,16,22H,7,9-10H2,1H3,(H,20,23)/t11-,14-,16-/m0/s1. The molecule has 1 aromatic carbocycles. The average molecular weight is 333 g/mol. The molecule has 1 aliphatic heterocycles. The number of ether oxygens (including phenoxy) is 1. The molecule has 7 heteroatoms. The number of aliphatic hydroxyl groups is 1. The lowest BCUT2D eigenvalue weighted by molar-refractivity contribution is -0.127. The minimum absolute atomic E-state index is 0.114. The number of hydrogen-bond donors (Lipinski definition) is 2. The number of benzene rings is 1. The average Bonchev–Trinajstić information content (AvgIpc) is 3.23. The van der Waals surface area contributed by atoms with E-state index < -0.39 is 6.10 Å². The van der Waals surface area contributed by atoms with E-state index >= 15 is 0 Å². The van der Waals surface area contributed by atoms with Gasteiger partial charge in [0.05, 0.1) is 23.9 Å². The molecule has 0 radical (unpaired) electrons. The van der Waals surface area contributed by atoms with Crippen molar-refractivity contribution >= 4 is 5.91 Å². The number of carbonyl (C=O) groups is 1. The first-order valence-electron chi connectivity index (χ1n) is 7.93. The summed E-state index contributed by atoms with van der Waals surface area (Å²) in [6, 6.07) is 7.48. The molecule has 0 spiro atoms. The van der Waals surface area contributed by atoms with Crippen molar-refractivity contribution in [2.75, 3.05) is 13.2 Å². The number of carbonyl (C=O) groups excluding carboxylic acids is 1. The highest BCUT2D eigenvalue weighted by atomic mass is 19.1. The Labute approximate surface area is 139 Å². The molecule has 3 rings (SSSR count). The van der Waals surface area contributed by atoms with Gasteiger partial charge in [0, 0.05) is 18.8 Å².